The van der Waals surface area contributed by atoms with Gasteiger partial charge in [0.15, 0.2) is 11.5 Å². The summed E-state index contributed by atoms with van der Waals surface area (Å²) in [7, 11) is 0. The lowest BCUT2D eigenvalue weighted by Crippen LogP contribution is -2.06. The Balaban J connectivity index is 1.66. The first-order valence-corrected chi connectivity index (χ1v) is 11.2. The van der Waals surface area contributed by atoms with E-state index in [1.807, 2.05) is 37.3 Å². The van der Waals surface area contributed by atoms with Crippen LogP contribution in [0.25, 0.3) is 28.1 Å². The molecule has 2 aromatic heterocycles. The Kier molecular flexibility index (Phi) is 5.93. The van der Waals surface area contributed by atoms with Crippen LogP contribution >= 0.6 is 0 Å². The second kappa shape index (κ2) is 9.34. The fourth-order valence-corrected chi connectivity index (χ4v) is 3.89. The first-order chi connectivity index (χ1) is 17.0. The van der Waals surface area contributed by atoms with Gasteiger partial charge < -0.3 is 10.4 Å². The minimum atomic E-state index is -0.996. The molecule has 0 aliphatic heterocycles. The molecule has 8 heteroatoms. The fraction of sp³-hybridized carbons (Fsp3) is 0.111. The maximum absolute atomic E-state index is 13.4. The van der Waals surface area contributed by atoms with Gasteiger partial charge in [-0.05, 0) is 48.4 Å². The topological polar surface area (TPSA) is 92.9 Å². The Labute approximate surface area is 200 Å². The predicted octanol–water partition coefficient (Wildman–Crippen LogP) is 5.49. The number of rotatable bonds is 7. The van der Waals surface area contributed by atoms with E-state index < -0.39 is 5.97 Å². The van der Waals surface area contributed by atoms with Crippen LogP contribution in [-0.4, -0.2) is 30.8 Å². The van der Waals surface area contributed by atoms with Crippen LogP contribution in [0.1, 0.15) is 28.5 Å². The number of benzene rings is 3. The molecule has 7 nitrogen and oxygen atoms in total. The van der Waals surface area contributed by atoms with E-state index in [4.69, 9.17) is 15.1 Å². The third kappa shape index (κ3) is 4.46. The van der Waals surface area contributed by atoms with Crippen molar-refractivity contribution >= 4 is 22.8 Å². The SMILES string of the molecule is CCc1nn(-c2ccccc2)c2nc(-c3ccc(C(=O)O)cc3)nc(NCc3ccc(F)cc3)c12. The van der Waals surface area contributed by atoms with E-state index >= 15 is 0 Å². The number of carboxylic acid groups (broad SMARTS) is 1. The quantitative estimate of drug-likeness (QED) is 0.329. The average Bonchev–Trinajstić information content (AvgIpc) is 3.27. The highest BCUT2D eigenvalue weighted by atomic mass is 19.1. The molecule has 0 amide bonds. The van der Waals surface area contributed by atoms with Crippen molar-refractivity contribution < 1.29 is 14.3 Å². The molecule has 2 heterocycles. The van der Waals surface area contributed by atoms with Crippen molar-refractivity contribution in [3.8, 4) is 17.1 Å². The molecular formula is C27H22FN5O2. The minimum Gasteiger partial charge on any atom is -0.478 e. The number of aromatic carboxylic acids is 1. The smallest absolute Gasteiger partial charge is 0.335 e. The van der Waals surface area contributed by atoms with Crippen molar-refractivity contribution in [2.24, 2.45) is 0 Å². The molecule has 0 atom stereocenters. The zero-order chi connectivity index (χ0) is 24.4. The number of nitrogens with zero attached hydrogens (tertiary/aromatic N) is 4. The van der Waals surface area contributed by atoms with Crippen molar-refractivity contribution in [3.63, 3.8) is 0 Å². The molecule has 0 spiro atoms. The monoisotopic (exact) mass is 467 g/mol. The molecule has 35 heavy (non-hydrogen) atoms. The summed E-state index contributed by atoms with van der Waals surface area (Å²) in [4.78, 5) is 20.9. The molecule has 3 aromatic carbocycles. The second-order valence-electron chi connectivity index (χ2n) is 8.00. The normalized spacial score (nSPS) is 11.0. The summed E-state index contributed by atoms with van der Waals surface area (Å²) in [5.74, 6) is -0.238. The zero-order valence-corrected chi connectivity index (χ0v) is 18.9. The number of halogens is 1. The number of carbonyl (C=O) groups is 1. The van der Waals surface area contributed by atoms with Gasteiger partial charge in [0.25, 0.3) is 0 Å². The van der Waals surface area contributed by atoms with E-state index in [2.05, 4.69) is 5.32 Å². The molecule has 0 aliphatic carbocycles. The standard InChI is InChI=1S/C27H22FN5O2/c1-2-22-23-25(29-16-17-8-14-20(28)15-9-17)30-24(18-10-12-19(13-11-18)27(34)35)31-26(23)33(32-22)21-6-4-3-5-7-21/h3-15H,2,16H2,1H3,(H,34,35)(H,29,30,31). The number of aryl methyl sites for hydroxylation is 1. The van der Waals surface area contributed by atoms with E-state index in [1.54, 1.807) is 28.9 Å². The van der Waals surface area contributed by atoms with Gasteiger partial charge in [-0.3, -0.25) is 0 Å². The van der Waals surface area contributed by atoms with Crippen molar-refractivity contribution in [2.45, 2.75) is 19.9 Å². The van der Waals surface area contributed by atoms with E-state index in [-0.39, 0.29) is 11.4 Å². The maximum Gasteiger partial charge on any atom is 0.335 e. The third-order valence-electron chi connectivity index (χ3n) is 5.70. The summed E-state index contributed by atoms with van der Waals surface area (Å²) in [5.41, 5.74) is 4.12. The van der Waals surface area contributed by atoms with Gasteiger partial charge in [0.1, 0.15) is 11.6 Å². The number of anilines is 1. The molecule has 5 aromatic rings. The number of nitrogens with one attached hydrogen (secondary N) is 1. The van der Waals surface area contributed by atoms with Gasteiger partial charge in [0, 0.05) is 12.1 Å². The number of para-hydroxylation sites is 1. The van der Waals surface area contributed by atoms with Crippen LogP contribution in [-0.2, 0) is 13.0 Å². The second-order valence-corrected chi connectivity index (χ2v) is 8.00. The van der Waals surface area contributed by atoms with Crippen LogP contribution in [0.15, 0.2) is 78.9 Å². The number of aromatic nitrogens is 4. The minimum absolute atomic E-state index is 0.187. The van der Waals surface area contributed by atoms with E-state index in [1.165, 1.54) is 24.3 Å². The van der Waals surface area contributed by atoms with Gasteiger partial charge in [-0.2, -0.15) is 5.10 Å². The molecule has 174 valence electrons. The van der Waals surface area contributed by atoms with Crippen LogP contribution in [0.5, 0.6) is 0 Å². The van der Waals surface area contributed by atoms with Crippen LogP contribution in [0.3, 0.4) is 0 Å². The zero-order valence-electron chi connectivity index (χ0n) is 18.9. The maximum atomic E-state index is 13.4. The van der Waals surface area contributed by atoms with Crippen LogP contribution in [0.2, 0.25) is 0 Å². The average molecular weight is 468 g/mol. The lowest BCUT2D eigenvalue weighted by Gasteiger charge is -2.11. The number of hydrogen-bond acceptors (Lipinski definition) is 5. The Hall–Kier alpha value is -4.59. The van der Waals surface area contributed by atoms with Gasteiger partial charge in [0.2, 0.25) is 0 Å². The van der Waals surface area contributed by atoms with Crippen LogP contribution in [0.4, 0.5) is 10.2 Å². The number of hydrogen-bond donors (Lipinski definition) is 2. The van der Waals surface area contributed by atoms with Gasteiger partial charge in [-0.15, -0.1) is 0 Å². The molecule has 0 fully saturated rings. The molecule has 0 unspecified atom stereocenters. The molecule has 0 bridgehead atoms. The van der Waals surface area contributed by atoms with Gasteiger partial charge in [-0.1, -0.05) is 49.4 Å². The highest BCUT2D eigenvalue weighted by molar-refractivity contribution is 5.92. The molecule has 0 radical (unpaired) electrons. The molecule has 5 rings (SSSR count). The van der Waals surface area contributed by atoms with E-state index in [0.717, 1.165) is 22.3 Å². The molecule has 0 saturated heterocycles. The number of carboxylic acids is 1. The summed E-state index contributed by atoms with van der Waals surface area (Å²) < 4.78 is 15.2. The van der Waals surface area contributed by atoms with E-state index in [9.17, 15) is 14.3 Å². The van der Waals surface area contributed by atoms with Crippen LogP contribution in [0, 0.1) is 5.82 Å². The fourth-order valence-electron chi connectivity index (χ4n) is 3.89. The molecule has 0 aliphatic rings. The summed E-state index contributed by atoms with van der Waals surface area (Å²) in [6.45, 7) is 2.46. The lowest BCUT2D eigenvalue weighted by atomic mass is 10.1. The summed E-state index contributed by atoms with van der Waals surface area (Å²) in [6.07, 6.45) is 0.678. The van der Waals surface area contributed by atoms with Gasteiger partial charge in [-0.25, -0.2) is 23.8 Å². The van der Waals surface area contributed by atoms with Crippen molar-refractivity contribution in [1.82, 2.24) is 19.7 Å². The number of fused-ring (bicyclic) bond motifs is 1. The first kappa shape index (κ1) is 22.2. The molecule has 2 N–H and O–H groups in total. The Bertz CT molecular complexity index is 1500. The summed E-state index contributed by atoms with van der Waals surface area (Å²) in [5, 5.41) is 18.3. The molecular weight excluding hydrogens is 445 g/mol. The Morgan fingerprint density at radius 3 is 2.34 bits per heavy atom. The first-order valence-electron chi connectivity index (χ1n) is 11.2. The lowest BCUT2D eigenvalue weighted by molar-refractivity contribution is 0.0697. The van der Waals surface area contributed by atoms with E-state index in [0.29, 0.717) is 35.8 Å². The van der Waals surface area contributed by atoms with Crippen molar-refractivity contribution in [1.29, 1.82) is 0 Å². The van der Waals surface area contributed by atoms with Crippen molar-refractivity contribution in [2.75, 3.05) is 5.32 Å². The van der Waals surface area contributed by atoms with Crippen LogP contribution < -0.4 is 5.32 Å². The summed E-state index contributed by atoms with van der Waals surface area (Å²) >= 11 is 0. The Morgan fingerprint density at radius 2 is 1.69 bits per heavy atom. The predicted molar refractivity (Wildman–Crippen MR) is 132 cm³/mol. The highest BCUT2D eigenvalue weighted by Gasteiger charge is 2.20. The summed E-state index contributed by atoms with van der Waals surface area (Å²) in [6, 6.07) is 22.5. The largest absolute Gasteiger partial charge is 0.478 e. The molecule has 0 saturated carbocycles. The Morgan fingerprint density at radius 1 is 0.971 bits per heavy atom. The van der Waals surface area contributed by atoms with Gasteiger partial charge in [0.05, 0.1) is 22.3 Å². The third-order valence-corrected chi connectivity index (χ3v) is 5.70. The van der Waals surface area contributed by atoms with Gasteiger partial charge >= 0.3 is 5.97 Å². The highest BCUT2D eigenvalue weighted by Crippen LogP contribution is 2.30. The van der Waals surface area contributed by atoms with Crippen molar-refractivity contribution in [3.05, 3.63) is 102 Å².